The van der Waals surface area contributed by atoms with Gasteiger partial charge in [-0.3, -0.25) is 0 Å². The average molecular weight is 285 g/mol. The third-order valence-electron chi connectivity index (χ3n) is 3.18. The Balaban J connectivity index is 1.71. The number of hydrogen-bond acceptors (Lipinski definition) is 6. The Kier molecular flexibility index (Phi) is 2.67. The maximum Gasteiger partial charge on any atom is 0.231 e. The van der Waals surface area contributed by atoms with Crippen molar-refractivity contribution < 1.29 is 9.47 Å². The van der Waals surface area contributed by atoms with E-state index in [0.29, 0.717) is 6.54 Å². The number of nitrogens with one attached hydrogen (secondary N) is 1. The molecule has 20 heavy (non-hydrogen) atoms. The van der Waals surface area contributed by atoms with Crippen LogP contribution in [0.15, 0.2) is 35.3 Å². The summed E-state index contributed by atoms with van der Waals surface area (Å²) in [5.74, 6) is 2.38. The maximum atomic E-state index is 5.42. The lowest BCUT2D eigenvalue weighted by molar-refractivity contribution is 0.174. The Morgan fingerprint density at radius 2 is 2.10 bits per heavy atom. The molecule has 0 saturated carbocycles. The highest BCUT2D eigenvalue weighted by atomic mass is 32.1. The van der Waals surface area contributed by atoms with Crippen molar-refractivity contribution in [1.82, 2.24) is 9.97 Å². The molecule has 0 bridgehead atoms. The summed E-state index contributed by atoms with van der Waals surface area (Å²) in [5, 5.41) is 7.43. The van der Waals surface area contributed by atoms with E-state index >= 15 is 0 Å². The molecule has 4 rings (SSSR count). The quantitative estimate of drug-likeness (QED) is 0.801. The van der Waals surface area contributed by atoms with Gasteiger partial charge in [-0.1, -0.05) is 0 Å². The molecule has 0 aliphatic carbocycles. The number of benzene rings is 1. The van der Waals surface area contributed by atoms with Crippen molar-refractivity contribution in [2.24, 2.45) is 0 Å². The fourth-order valence-corrected chi connectivity index (χ4v) is 2.76. The van der Waals surface area contributed by atoms with Crippen molar-refractivity contribution in [1.29, 1.82) is 0 Å². The summed E-state index contributed by atoms with van der Waals surface area (Å²) in [6.07, 6.45) is 1.79. The van der Waals surface area contributed by atoms with Crippen molar-refractivity contribution >= 4 is 27.9 Å². The van der Waals surface area contributed by atoms with E-state index in [1.807, 2.05) is 29.1 Å². The molecule has 1 N–H and O–H groups in total. The number of hydrogen-bond donors (Lipinski definition) is 1. The summed E-state index contributed by atoms with van der Waals surface area (Å²) in [5.41, 5.74) is 2.83. The molecule has 1 aliphatic heterocycles. The summed E-state index contributed by atoms with van der Waals surface area (Å²) < 4.78 is 10.8. The number of aromatic nitrogens is 2. The molecule has 1 aliphatic rings. The number of thiazole rings is 1. The van der Waals surface area contributed by atoms with Gasteiger partial charge in [0.2, 0.25) is 6.79 Å². The molecule has 1 aromatic carbocycles. The van der Waals surface area contributed by atoms with Gasteiger partial charge >= 0.3 is 0 Å². The van der Waals surface area contributed by atoms with Crippen LogP contribution in [-0.4, -0.2) is 16.8 Å². The van der Waals surface area contributed by atoms with Crippen LogP contribution in [0, 0.1) is 0 Å². The molecule has 100 valence electrons. The van der Waals surface area contributed by atoms with Crippen molar-refractivity contribution in [3.63, 3.8) is 0 Å². The largest absolute Gasteiger partial charge is 0.454 e. The first-order valence-electron chi connectivity index (χ1n) is 6.19. The van der Waals surface area contributed by atoms with Crippen LogP contribution in [0.5, 0.6) is 11.5 Å². The number of anilines is 1. The van der Waals surface area contributed by atoms with Crippen molar-refractivity contribution in [2.45, 2.75) is 6.54 Å². The van der Waals surface area contributed by atoms with E-state index in [1.165, 1.54) is 0 Å². The number of pyridine rings is 1. The third kappa shape index (κ3) is 1.94. The van der Waals surface area contributed by atoms with Crippen molar-refractivity contribution in [3.05, 3.63) is 41.0 Å². The van der Waals surface area contributed by atoms with Gasteiger partial charge in [0.15, 0.2) is 11.5 Å². The third-order valence-corrected chi connectivity index (χ3v) is 3.81. The predicted octanol–water partition coefficient (Wildman–Crippen LogP) is 3.03. The van der Waals surface area contributed by atoms with E-state index in [2.05, 4.69) is 15.3 Å². The molecule has 0 radical (unpaired) electrons. The smallest absolute Gasteiger partial charge is 0.231 e. The van der Waals surface area contributed by atoms with Gasteiger partial charge in [0.25, 0.3) is 0 Å². The number of ether oxygens (including phenoxy) is 2. The number of fused-ring (bicyclic) bond motifs is 2. The van der Waals surface area contributed by atoms with Gasteiger partial charge in [-0.2, -0.15) is 0 Å². The van der Waals surface area contributed by atoms with Gasteiger partial charge in [-0.15, -0.1) is 11.3 Å². The fourth-order valence-electron chi connectivity index (χ4n) is 2.20. The Hall–Kier alpha value is -2.34. The topological polar surface area (TPSA) is 56.3 Å². The summed E-state index contributed by atoms with van der Waals surface area (Å²) in [4.78, 5) is 8.65. The molecule has 0 atom stereocenters. The van der Waals surface area contributed by atoms with Crippen LogP contribution >= 0.6 is 11.3 Å². The molecule has 0 fully saturated rings. The molecule has 3 heterocycles. The Morgan fingerprint density at radius 1 is 1.20 bits per heavy atom. The van der Waals surface area contributed by atoms with E-state index in [1.54, 1.807) is 17.5 Å². The van der Waals surface area contributed by atoms with Gasteiger partial charge in [-0.05, 0) is 23.6 Å². The van der Waals surface area contributed by atoms with E-state index in [-0.39, 0.29) is 6.79 Å². The molecule has 3 aromatic rings. The van der Waals surface area contributed by atoms with Gasteiger partial charge < -0.3 is 14.8 Å². The van der Waals surface area contributed by atoms with Gasteiger partial charge in [0, 0.05) is 17.0 Å². The first-order chi connectivity index (χ1) is 9.90. The molecule has 6 heteroatoms. The maximum absolute atomic E-state index is 5.42. The van der Waals surface area contributed by atoms with Gasteiger partial charge in [-0.25, -0.2) is 9.97 Å². The number of nitrogens with zero attached hydrogens (tertiary/aromatic N) is 2. The zero-order chi connectivity index (χ0) is 13.4. The van der Waals surface area contributed by atoms with Crippen LogP contribution in [0.4, 0.5) is 5.82 Å². The molecule has 0 saturated heterocycles. The van der Waals surface area contributed by atoms with Crippen LogP contribution in [0.2, 0.25) is 0 Å². The average Bonchev–Trinajstić information content (AvgIpc) is 3.13. The second kappa shape index (κ2) is 4.64. The molecule has 0 spiro atoms. The Morgan fingerprint density at radius 3 is 2.95 bits per heavy atom. The summed E-state index contributed by atoms with van der Waals surface area (Å²) >= 11 is 1.59. The molecular weight excluding hydrogens is 274 g/mol. The van der Waals surface area contributed by atoms with Crippen LogP contribution in [0.25, 0.3) is 10.8 Å². The molecular formula is C14H11N3O2S. The highest BCUT2D eigenvalue weighted by Gasteiger charge is 2.15. The minimum Gasteiger partial charge on any atom is -0.454 e. The van der Waals surface area contributed by atoms with Crippen LogP contribution in [0.3, 0.4) is 0 Å². The molecule has 5 nitrogen and oxygen atoms in total. The molecule has 2 aromatic heterocycles. The molecule has 0 amide bonds. The van der Waals surface area contributed by atoms with Crippen LogP contribution < -0.4 is 14.8 Å². The van der Waals surface area contributed by atoms with Crippen molar-refractivity contribution in [3.8, 4) is 11.5 Å². The summed E-state index contributed by atoms with van der Waals surface area (Å²) in [7, 11) is 0. The van der Waals surface area contributed by atoms with E-state index in [0.717, 1.165) is 33.8 Å². The number of rotatable bonds is 3. The zero-order valence-electron chi connectivity index (χ0n) is 10.5. The lowest BCUT2D eigenvalue weighted by Gasteiger charge is -2.08. The lowest BCUT2D eigenvalue weighted by atomic mass is 10.1. The zero-order valence-corrected chi connectivity index (χ0v) is 11.3. The lowest BCUT2D eigenvalue weighted by Crippen LogP contribution is -2.02. The highest BCUT2D eigenvalue weighted by Crippen LogP contribution is 2.37. The highest BCUT2D eigenvalue weighted by molar-refractivity contribution is 7.07. The second-order valence-electron chi connectivity index (χ2n) is 4.42. The van der Waals surface area contributed by atoms with Crippen molar-refractivity contribution in [2.75, 3.05) is 12.1 Å². The minimum atomic E-state index is 0.278. The summed E-state index contributed by atoms with van der Waals surface area (Å²) in [6.45, 7) is 0.935. The SMILES string of the molecule is c1cc2cc3c(cc2c(NCc2cscn2)n1)OCO3. The van der Waals surface area contributed by atoms with E-state index in [4.69, 9.17) is 9.47 Å². The Labute approximate surface area is 119 Å². The molecule has 0 unspecified atom stereocenters. The summed E-state index contributed by atoms with van der Waals surface area (Å²) in [6, 6.07) is 5.91. The predicted molar refractivity (Wildman–Crippen MR) is 77.3 cm³/mol. The monoisotopic (exact) mass is 285 g/mol. The first-order valence-corrected chi connectivity index (χ1v) is 7.14. The van der Waals surface area contributed by atoms with E-state index < -0.39 is 0 Å². The fraction of sp³-hybridized carbons (Fsp3) is 0.143. The van der Waals surface area contributed by atoms with Gasteiger partial charge in [0.1, 0.15) is 5.82 Å². The van der Waals surface area contributed by atoms with Crippen LogP contribution in [-0.2, 0) is 6.54 Å². The Bertz CT molecular complexity index is 758. The second-order valence-corrected chi connectivity index (χ2v) is 5.14. The van der Waals surface area contributed by atoms with Gasteiger partial charge in [0.05, 0.1) is 17.7 Å². The first kappa shape index (κ1) is 11.5. The minimum absolute atomic E-state index is 0.278. The standard InChI is InChI=1S/C14H11N3O2S/c1-2-15-14(16-5-10-6-20-7-17-10)11-4-13-12(3-9(1)11)18-8-19-13/h1-4,6-7H,5,8H2,(H,15,16). The normalized spacial score (nSPS) is 12.8. The van der Waals surface area contributed by atoms with E-state index in [9.17, 15) is 0 Å². The van der Waals surface area contributed by atoms with Crippen LogP contribution in [0.1, 0.15) is 5.69 Å².